The second kappa shape index (κ2) is 8.30. The Labute approximate surface area is 175 Å². The Balaban J connectivity index is 1.56. The summed E-state index contributed by atoms with van der Waals surface area (Å²) in [4.78, 5) is 17.4. The first kappa shape index (κ1) is 19.5. The molecule has 0 bridgehead atoms. The van der Waals surface area contributed by atoms with Gasteiger partial charge in [-0.15, -0.1) is 0 Å². The van der Waals surface area contributed by atoms with Gasteiger partial charge in [0.1, 0.15) is 5.54 Å². The summed E-state index contributed by atoms with van der Waals surface area (Å²) < 4.78 is 2.09. The largest absolute Gasteiger partial charge is 0.337 e. The van der Waals surface area contributed by atoms with Crippen molar-refractivity contribution in [1.82, 2.24) is 14.9 Å². The van der Waals surface area contributed by atoms with E-state index in [1.165, 1.54) is 17.3 Å². The van der Waals surface area contributed by atoms with Crippen LogP contribution in [0.3, 0.4) is 0 Å². The molecule has 3 aromatic rings. The summed E-state index contributed by atoms with van der Waals surface area (Å²) >= 11 is 1.41. The van der Waals surface area contributed by atoms with Crippen molar-refractivity contribution in [2.75, 3.05) is 5.75 Å². The fourth-order valence-corrected chi connectivity index (χ4v) is 4.73. The molecule has 1 saturated carbocycles. The van der Waals surface area contributed by atoms with Crippen molar-refractivity contribution in [3.8, 4) is 11.8 Å². The van der Waals surface area contributed by atoms with Crippen LogP contribution in [0.1, 0.15) is 37.7 Å². The number of thioether (sulfide) groups is 1. The summed E-state index contributed by atoms with van der Waals surface area (Å²) in [6, 6.07) is 18.6. The van der Waals surface area contributed by atoms with Gasteiger partial charge in [-0.25, -0.2) is 4.98 Å². The van der Waals surface area contributed by atoms with Crippen LogP contribution in [0, 0.1) is 18.3 Å². The summed E-state index contributed by atoms with van der Waals surface area (Å²) in [5, 5.41) is 13.4. The van der Waals surface area contributed by atoms with Gasteiger partial charge >= 0.3 is 0 Å². The highest BCUT2D eigenvalue weighted by Crippen LogP contribution is 2.30. The molecule has 1 aromatic heterocycles. The van der Waals surface area contributed by atoms with Crippen molar-refractivity contribution in [3.05, 3.63) is 54.1 Å². The Morgan fingerprint density at radius 2 is 1.90 bits per heavy atom. The van der Waals surface area contributed by atoms with Crippen LogP contribution in [0.25, 0.3) is 16.7 Å². The smallest absolute Gasteiger partial charge is 0.231 e. The van der Waals surface area contributed by atoms with E-state index in [9.17, 15) is 10.1 Å². The lowest BCUT2D eigenvalue weighted by atomic mass is 9.83. The quantitative estimate of drug-likeness (QED) is 0.622. The molecule has 0 aliphatic heterocycles. The average Bonchev–Trinajstić information content (AvgIpc) is 3.12. The number of nitrogens with zero attached hydrogens (tertiary/aromatic N) is 3. The van der Waals surface area contributed by atoms with Crippen LogP contribution in [0.2, 0.25) is 0 Å². The number of hydrogen-bond donors (Lipinski definition) is 1. The molecule has 0 saturated heterocycles. The van der Waals surface area contributed by atoms with Crippen LogP contribution >= 0.6 is 11.8 Å². The Bertz CT molecular complexity index is 1060. The molecule has 0 atom stereocenters. The van der Waals surface area contributed by atoms with Crippen LogP contribution in [0.15, 0.2) is 53.7 Å². The molecule has 29 heavy (non-hydrogen) atoms. The first-order valence-electron chi connectivity index (χ1n) is 10.00. The van der Waals surface area contributed by atoms with Crippen molar-refractivity contribution >= 4 is 28.7 Å². The third kappa shape index (κ3) is 4.15. The molecule has 0 radical (unpaired) electrons. The number of carbonyl (C=O) groups is 1. The van der Waals surface area contributed by atoms with Gasteiger partial charge in [-0.1, -0.05) is 60.9 Å². The van der Waals surface area contributed by atoms with E-state index in [4.69, 9.17) is 4.98 Å². The van der Waals surface area contributed by atoms with Gasteiger partial charge in [0.25, 0.3) is 0 Å². The number of carbonyl (C=O) groups excluding carboxylic acids is 1. The third-order valence-electron chi connectivity index (χ3n) is 5.45. The molecule has 1 amide bonds. The molecule has 0 spiro atoms. The fourth-order valence-electron chi connectivity index (χ4n) is 3.90. The Hall–Kier alpha value is -2.78. The molecule has 5 nitrogen and oxygen atoms in total. The molecular weight excluding hydrogens is 380 g/mol. The van der Waals surface area contributed by atoms with E-state index in [2.05, 4.69) is 47.1 Å². The predicted molar refractivity (Wildman–Crippen MR) is 116 cm³/mol. The molecule has 1 N–H and O–H groups in total. The van der Waals surface area contributed by atoms with E-state index >= 15 is 0 Å². The molecule has 1 heterocycles. The first-order chi connectivity index (χ1) is 14.1. The maximum Gasteiger partial charge on any atom is 0.231 e. The van der Waals surface area contributed by atoms with E-state index in [0.29, 0.717) is 0 Å². The lowest BCUT2D eigenvalue weighted by molar-refractivity contribution is -0.120. The van der Waals surface area contributed by atoms with Crippen LogP contribution in [0.4, 0.5) is 0 Å². The van der Waals surface area contributed by atoms with Crippen molar-refractivity contribution in [3.63, 3.8) is 0 Å². The number of benzene rings is 2. The normalized spacial score (nSPS) is 15.7. The number of nitrogens with one attached hydrogen (secondary N) is 1. The summed E-state index contributed by atoms with van der Waals surface area (Å²) in [5.41, 5.74) is 3.43. The maximum absolute atomic E-state index is 12.6. The number of rotatable bonds is 5. The number of fused-ring (bicyclic) bond motifs is 1. The van der Waals surface area contributed by atoms with Gasteiger partial charge in [-0.05, 0) is 44.0 Å². The highest BCUT2D eigenvalue weighted by molar-refractivity contribution is 7.99. The number of imidazole rings is 1. The predicted octanol–water partition coefficient (Wildman–Crippen LogP) is 4.77. The molecule has 148 valence electrons. The van der Waals surface area contributed by atoms with Gasteiger partial charge in [0, 0.05) is 5.69 Å². The van der Waals surface area contributed by atoms with E-state index in [-0.39, 0.29) is 11.7 Å². The number of aryl methyl sites for hydroxylation is 1. The molecular formula is C23H24N4OS. The Morgan fingerprint density at radius 1 is 1.17 bits per heavy atom. The first-order valence-corrected chi connectivity index (χ1v) is 11.0. The van der Waals surface area contributed by atoms with Gasteiger partial charge in [-0.3, -0.25) is 9.36 Å². The Morgan fingerprint density at radius 3 is 2.62 bits per heavy atom. The minimum absolute atomic E-state index is 0.110. The number of para-hydroxylation sites is 2. The second-order valence-electron chi connectivity index (χ2n) is 7.65. The van der Waals surface area contributed by atoms with Crippen molar-refractivity contribution in [2.45, 2.75) is 49.7 Å². The standard InChI is InChI=1S/C23H24N4OS/c1-17-9-11-18(12-10-17)27-20-8-4-3-7-19(20)25-22(27)29-15-21(28)26-23(16-24)13-5-2-6-14-23/h3-4,7-12H,2,5-6,13-15H2,1H3,(H,26,28). The minimum Gasteiger partial charge on any atom is -0.337 e. The van der Waals surface area contributed by atoms with Gasteiger partial charge in [-0.2, -0.15) is 5.26 Å². The fraction of sp³-hybridized carbons (Fsp3) is 0.348. The molecule has 1 fully saturated rings. The number of hydrogen-bond acceptors (Lipinski definition) is 4. The minimum atomic E-state index is -0.701. The molecule has 1 aliphatic carbocycles. The lowest BCUT2D eigenvalue weighted by Gasteiger charge is -2.31. The average molecular weight is 405 g/mol. The van der Waals surface area contributed by atoms with Crippen LogP contribution in [-0.2, 0) is 4.79 Å². The van der Waals surface area contributed by atoms with E-state index in [1.54, 1.807) is 0 Å². The highest BCUT2D eigenvalue weighted by Gasteiger charge is 2.33. The summed E-state index contributed by atoms with van der Waals surface area (Å²) in [7, 11) is 0. The molecule has 4 rings (SSSR count). The second-order valence-corrected chi connectivity index (χ2v) is 8.59. The number of nitriles is 1. The monoisotopic (exact) mass is 404 g/mol. The number of amides is 1. The Kier molecular flexibility index (Phi) is 5.59. The van der Waals surface area contributed by atoms with Crippen molar-refractivity contribution < 1.29 is 4.79 Å². The molecule has 0 unspecified atom stereocenters. The van der Waals surface area contributed by atoms with Gasteiger partial charge in [0.2, 0.25) is 5.91 Å². The van der Waals surface area contributed by atoms with Crippen LogP contribution < -0.4 is 5.32 Å². The van der Waals surface area contributed by atoms with Crippen molar-refractivity contribution in [1.29, 1.82) is 5.26 Å². The van der Waals surface area contributed by atoms with Crippen LogP contribution in [-0.4, -0.2) is 26.8 Å². The topological polar surface area (TPSA) is 70.7 Å². The third-order valence-corrected chi connectivity index (χ3v) is 6.39. The summed E-state index contributed by atoms with van der Waals surface area (Å²) in [6.45, 7) is 2.06. The van der Waals surface area contributed by atoms with Gasteiger partial charge in [0.05, 0.1) is 22.9 Å². The zero-order valence-corrected chi connectivity index (χ0v) is 17.3. The molecule has 6 heteroatoms. The van der Waals surface area contributed by atoms with Crippen molar-refractivity contribution in [2.24, 2.45) is 0 Å². The summed E-state index contributed by atoms with van der Waals surface area (Å²) in [6.07, 6.45) is 4.59. The molecule has 1 aliphatic rings. The zero-order valence-electron chi connectivity index (χ0n) is 16.5. The van der Waals surface area contributed by atoms with E-state index < -0.39 is 5.54 Å². The highest BCUT2D eigenvalue weighted by atomic mass is 32.2. The number of aromatic nitrogens is 2. The van der Waals surface area contributed by atoms with Gasteiger partial charge in [0.15, 0.2) is 5.16 Å². The lowest BCUT2D eigenvalue weighted by Crippen LogP contribution is -2.49. The van der Waals surface area contributed by atoms with Crippen LogP contribution in [0.5, 0.6) is 0 Å². The zero-order chi connectivity index (χ0) is 20.3. The van der Waals surface area contributed by atoms with E-state index in [0.717, 1.165) is 54.0 Å². The van der Waals surface area contributed by atoms with Gasteiger partial charge < -0.3 is 5.32 Å². The summed E-state index contributed by atoms with van der Waals surface area (Å²) in [5.74, 6) is 0.125. The SMILES string of the molecule is Cc1ccc(-n2c(SCC(=O)NC3(C#N)CCCCC3)nc3ccccc32)cc1. The maximum atomic E-state index is 12.6. The van der Waals surface area contributed by atoms with E-state index in [1.807, 2.05) is 24.3 Å². The molecule has 2 aromatic carbocycles.